The van der Waals surface area contributed by atoms with Crippen molar-refractivity contribution in [3.8, 4) is 6.01 Å². The molecule has 0 aliphatic heterocycles. The SMILES string of the molecule is COc1nc(N)nc(NCc2ncccc2C)n1. The summed E-state index contributed by atoms with van der Waals surface area (Å²) in [5.41, 5.74) is 7.56. The molecule has 7 heteroatoms. The molecule has 2 heterocycles. The van der Waals surface area contributed by atoms with Crippen molar-refractivity contribution in [3.63, 3.8) is 0 Å². The van der Waals surface area contributed by atoms with Gasteiger partial charge in [0.25, 0.3) is 0 Å². The van der Waals surface area contributed by atoms with E-state index in [1.165, 1.54) is 7.11 Å². The van der Waals surface area contributed by atoms with Crippen LogP contribution in [0.15, 0.2) is 18.3 Å². The zero-order valence-electron chi connectivity index (χ0n) is 10.2. The summed E-state index contributed by atoms with van der Waals surface area (Å²) in [5, 5.41) is 3.03. The molecular formula is C11H14N6O. The first-order valence-corrected chi connectivity index (χ1v) is 5.39. The number of nitrogens with two attached hydrogens (primary N) is 1. The van der Waals surface area contributed by atoms with Gasteiger partial charge < -0.3 is 15.8 Å². The normalized spacial score (nSPS) is 10.1. The van der Waals surface area contributed by atoms with E-state index >= 15 is 0 Å². The zero-order valence-corrected chi connectivity index (χ0v) is 10.2. The van der Waals surface area contributed by atoms with E-state index in [4.69, 9.17) is 10.5 Å². The van der Waals surface area contributed by atoms with Crippen LogP contribution >= 0.6 is 0 Å². The second-order valence-electron chi connectivity index (χ2n) is 3.62. The lowest BCUT2D eigenvalue weighted by atomic mass is 10.2. The largest absolute Gasteiger partial charge is 0.467 e. The molecule has 2 rings (SSSR count). The lowest BCUT2D eigenvalue weighted by Gasteiger charge is -2.07. The van der Waals surface area contributed by atoms with Gasteiger partial charge in [-0.15, -0.1) is 0 Å². The van der Waals surface area contributed by atoms with Gasteiger partial charge in [0.15, 0.2) is 0 Å². The molecule has 18 heavy (non-hydrogen) atoms. The molecule has 0 atom stereocenters. The van der Waals surface area contributed by atoms with Crippen LogP contribution in [0.5, 0.6) is 6.01 Å². The Morgan fingerprint density at radius 1 is 1.33 bits per heavy atom. The number of nitrogens with one attached hydrogen (secondary N) is 1. The van der Waals surface area contributed by atoms with Crippen LogP contribution in [0.2, 0.25) is 0 Å². The van der Waals surface area contributed by atoms with Crippen LogP contribution in [-0.4, -0.2) is 27.0 Å². The van der Waals surface area contributed by atoms with Gasteiger partial charge in [-0.05, 0) is 18.6 Å². The fraction of sp³-hybridized carbons (Fsp3) is 0.273. The monoisotopic (exact) mass is 246 g/mol. The highest BCUT2D eigenvalue weighted by atomic mass is 16.5. The van der Waals surface area contributed by atoms with E-state index in [-0.39, 0.29) is 12.0 Å². The topological polar surface area (TPSA) is 98.8 Å². The van der Waals surface area contributed by atoms with Crippen molar-refractivity contribution in [1.29, 1.82) is 0 Å². The zero-order chi connectivity index (χ0) is 13.0. The Kier molecular flexibility index (Phi) is 3.52. The maximum Gasteiger partial charge on any atom is 0.322 e. The summed E-state index contributed by atoms with van der Waals surface area (Å²) in [6, 6.07) is 4.07. The van der Waals surface area contributed by atoms with Crippen molar-refractivity contribution in [2.45, 2.75) is 13.5 Å². The maximum absolute atomic E-state index is 5.54. The van der Waals surface area contributed by atoms with Gasteiger partial charge in [0.2, 0.25) is 11.9 Å². The van der Waals surface area contributed by atoms with E-state index in [0.717, 1.165) is 11.3 Å². The van der Waals surface area contributed by atoms with Crippen LogP contribution in [-0.2, 0) is 6.54 Å². The highest BCUT2D eigenvalue weighted by Gasteiger charge is 2.05. The van der Waals surface area contributed by atoms with Crippen LogP contribution in [0.3, 0.4) is 0 Å². The average Bonchev–Trinajstić information content (AvgIpc) is 2.37. The Hall–Kier alpha value is -2.44. The van der Waals surface area contributed by atoms with E-state index in [2.05, 4.69) is 25.3 Å². The minimum Gasteiger partial charge on any atom is -0.467 e. The third kappa shape index (κ3) is 2.82. The number of anilines is 2. The third-order valence-corrected chi connectivity index (χ3v) is 2.35. The van der Waals surface area contributed by atoms with Crippen LogP contribution in [0.25, 0.3) is 0 Å². The lowest BCUT2D eigenvalue weighted by Crippen LogP contribution is -2.09. The summed E-state index contributed by atoms with van der Waals surface area (Å²) in [5.74, 6) is 0.478. The Labute approximate surface area is 104 Å². The highest BCUT2D eigenvalue weighted by molar-refractivity contribution is 5.33. The Morgan fingerprint density at radius 3 is 2.89 bits per heavy atom. The molecule has 94 valence electrons. The van der Waals surface area contributed by atoms with Gasteiger partial charge in [0.05, 0.1) is 19.3 Å². The summed E-state index contributed by atoms with van der Waals surface area (Å²) < 4.78 is 4.91. The van der Waals surface area contributed by atoms with E-state index in [0.29, 0.717) is 12.5 Å². The van der Waals surface area contributed by atoms with Gasteiger partial charge in [-0.1, -0.05) is 6.07 Å². The molecule has 2 aromatic rings. The Bertz CT molecular complexity index is 545. The summed E-state index contributed by atoms with van der Waals surface area (Å²) in [7, 11) is 1.47. The number of hydrogen-bond donors (Lipinski definition) is 2. The molecule has 7 nitrogen and oxygen atoms in total. The molecule has 2 aromatic heterocycles. The van der Waals surface area contributed by atoms with Crippen LogP contribution in [0.1, 0.15) is 11.3 Å². The van der Waals surface area contributed by atoms with E-state index in [1.54, 1.807) is 6.20 Å². The smallest absolute Gasteiger partial charge is 0.322 e. The molecule has 0 saturated carbocycles. The Balaban J connectivity index is 2.11. The number of ether oxygens (including phenoxy) is 1. The summed E-state index contributed by atoms with van der Waals surface area (Å²) in [6.07, 6.45) is 1.74. The van der Waals surface area contributed by atoms with Crippen molar-refractivity contribution >= 4 is 11.9 Å². The molecule has 3 N–H and O–H groups in total. The molecule has 0 aliphatic carbocycles. The second kappa shape index (κ2) is 5.26. The average molecular weight is 246 g/mol. The van der Waals surface area contributed by atoms with Crippen molar-refractivity contribution < 1.29 is 4.74 Å². The first kappa shape index (κ1) is 12.0. The predicted molar refractivity (Wildman–Crippen MR) is 67.1 cm³/mol. The minimum absolute atomic E-state index is 0.113. The Morgan fingerprint density at radius 2 is 2.17 bits per heavy atom. The number of aryl methyl sites for hydroxylation is 1. The van der Waals surface area contributed by atoms with Crippen molar-refractivity contribution in [3.05, 3.63) is 29.6 Å². The number of pyridine rings is 1. The number of nitrogen functional groups attached to an aromatic ring is 1. The lowest BCUT2D eigenvalue weighted by molar-refractivity contribution is 0.379. The maximum atomic E-state index is 5.54. The number of nitrogens with zero attached hydrogens (tertiary/aromatic N) is 4. The van der Waals surface area contributed by atoms with Gasteiger partial charge in [-0.25, -0.2) is 0 Å². The molecule has 0 bridgehead atoms. The van der Waals surface area contributed by atoms with E-state index in [9.17, 15) is 0 Å². The second-order valence-corrected chi connectivity index (χ2v) is 3.62. The van der Waals surface area contributed by atoms with Crippen LogP contribution in [0, 0.1) is 6.92 Å². The van der Waals surface area contributed by atoms with Gasteiger partial charge >= 0.3 is 6.01 Å². The molecule has 0 unspecified atom stereocenters. The first-order chi connectivity index (χ1) is 8.69. The van der Waals surface area contributed by atoms with Crippen LogP contribution in [0.4, 0.5) is 11.9 Å². The number of hydrogen-bond acceptors (Lipinski definition) is 7. The summed E-state index contributed by atoms with van der Waals surface area (Å²) in [6.45, 7) is 2.51. The van der Waals surface area contributed by atoms with Gasteiger partial charge in [-0.3, -0.25) is 4.98 Å². The number of rotatable bonds is 4. The third-order valence-electron chi connectivity index (χ3n) is 2.35. The van der Waals surface area contributed by atoms with E-state index in [1.807, 2.05) is 19.1 Å². The standard InChI is InChI=1S/C11H14N6O/c1-7-4-3-5-13-8(7)6-14-10-15-9(12)16-11(17-10)18-2/h3-5H,6H2,1-2H3,(H3,12,14,15,16,17). The minimum atomic E-state index is 0.113. The van der Waals surface area contributed by atoms with E-state index < -0.39 is 0 Å². The molecule has 0 saturated heterocycles. The summed E-state index contributed by atoms with van der Waals surface area (Å²) >= 11 is 0. The van der Waals surface area contributed by atoms with Crippen LogP contribution < -0.4 is 15.8 Å². The summed E-state index contributed by atoms with van der Waals surface area (Å²) in [4.78, 5) is 16.1. The first-order valence-electron chi connectivity index (χ1n) is 5.39. The highest BCUT2D eigenvalue weighted by Crippen LogP contribution is 2.10. The predicted octanol–water partition coefficient (Wildman–Crippen LogP) is 0.778. The number of aromatic nitrogens is 4. The molecule has 0 radical (unpaired) electrons. The molecular weight excluding hydrogens is 232 g/mol. The molecule has 0 amide bonds. The molecule has 0 aromatic carbocycles. The molecule has 0 spiro atoms. The fourth-order valence-corrected chi connectivity index (χ4v) is 1.41. The van der Waals surface area contributed by atoms with Gasteiger partial charge in [-0.2, -0.15) is 15.0 Å². The number of methoxy groups -OCH3 is 1. The molecule has 0 aliphatic rings. The van der Waals surface area contributed by atoms with Crippen molar-refractivity contribution in [1.82, 2.24) is 19.9 Å². The quantitative estimate of drug-likeness (QED) is 0.822. The molecule has 0 fully saturated rings. The van der Waals surface area contributed by atoms with Crippen molar-refractivity contribution in [2.24, 2.45) is 0 Å². The van der Waals surface area contributed by atoms with Gasteiger partial charge in [0, 0.05) is 6.20 Å². The fourth-order valence-electron chi connectivity index (χ4n) is 1.41. The van der Waals surface area contributed by atoms with Gasteiger partial charge in [0.1, 0.15) is 0 Å². The van der Waals surface area contributed by atoms with Crippen molar-refractivity contribution in [2.75, 3.05) is 18.2 Å².